The Morgan fingerprint density at radius 3 is 2.37 bits per heavy atom. The molecule has 0 saturated carbocycles. The first-order chi connectivity index (χ1) is 12.9. The van der Waals surface area contributed by atoms with Gasteiger partial charge in [0, 0.05) is 19.0 Å². The number of carbonyl (C=O) groups excluding carboxylic acids is 2. The summed E-state index contributed by atoms with van der Waals surface area (Å²) >= 11 is 0. The Kier molecular flexibility index (Phi) is 7.64. The Balaban J connectivity index is 1.77. The minimum absolute atomic E-state index is 0.0314. The van der Waals surface area contributed by atoms with E-state index in [0.29, 0.717) is 38.1 Å². The van der Waals surface area contributed by atoms with Crippen LogP contribution >= 0.6 is 0 Å². The van der Waals surface area contributed by atoms with Crippen molar-refractivity contribution in [1.29, 1.82) is 0 Å². The molecule has 1 aliphatic rings. The molecule has 27 heavy (non-hydrogen) atoms. The van der Waals surface area contributed by atoms with Crippen molar-refractivity contribution in [3.63, 3.8) is 0 Å². The van der Waals surface area contributed by atoms with Crippen LogP contribution in [-0.4, -0.2) is 53.5 Å². The average molecular weight is 376 g/mol. The van der Waals surface area contributed by atoms with Gasteiger partial charge in [-0.3, -0.25) is 9.59 Å². The van der Waals surface area contributed by atoms with Crippen LogP contribution in [0.3, 0.4) is 0 Å². The molecule has 0 radical (unpaired) electrons. The van der Waals surface area contributed by atoms with Gasteiger partial charge in [0.25, 0.3) is 5.91 Å². The summed E-state index contributed by atoms with van der Waals surface area (Å²) in [6, 6.07) is 8.28. The summed E-state index contributed by atoms with van der Waals surface area (Å²) in [7, 11) is 0. The Bertz CT molecular complexity index is 639. The van der Waals surface area contributed by atoms with Crippen molar-refractivity contribution in [2.45, 2.75) is 39.2 Å². The predicted octanol–water partition coefficient (Wildman–Crippen LogP) is 1.92. The van der Waals surface area contributed by atoms with Gasteiger partial charge in [-0.05, 0) is 37.3 Å². The van der Waals surface area contributed by atoms with Crippen LogP contribution in [0.2, 0.25) is 0 Å². The van der Waals surface area contributed by atoms with Crippen LogP contribution in [-0.2, 0) is 14.4 Å². The molecule has 2 amide bonds. The fraction of sp³-hybridized carbons (Fsp3) is 0.550. The lowest BCUT2D eigenvalue weighted by Gasteiger charge is -2.32. The topological polar surface area (TPSA) is 95.9 Å². The van der Waals surface area contributed by atoms with Gasteiger partial charge in [0.15, 0.2) is 6.61 Å². The summed E-state index contributed by atoms with van der Waals surface area (Å²) in [5.41, 5.74) is 0. The summed E-state index contributed by atoms with van der Waals surface area (Å²) in [6.45, 7) is 4.75. The zero-order chi connectivity index (χ0) is 19.8. The maximum absolute atomic E-state index is 12.4. The first kappa shape index (κ1) is 20.7. The molecule has 0 aliphatic carbocycles. The van der Waals surface area contributed by atoms with Crippen LogP contribution in [0.15, 0.2) is 30.3 Å². The third-order valence-corrected chi connectivity index (χ3v) is 4.65. The monoisotopic (exact) mass is 376 g/mol. The number of likely N-dealkylation sites (tertiary alicyclic amines) is 1. The maximum atomic E-state index is 12.4. The Hall–Kier alpha value is -2.57. The zero-order valence-corrected chi connectivity index (χ0v) is 15.9. The van der Waals surface area contributed by atoms with E-state index in [2.05, 4.69) is 5.32 Å². The highest BCUT2D eigenvalue weighted by Crippen LogP contribution is 2.19. The number of nitrogens with zero attached hydrogens (tertiary/aromatic N) is 1. The minimum Gasteiger partial charge on any atom is -0.484 e. The molecule has 1 aromatic carbocycles. The van der Waals surface area contributed by atoms with Gasteiger partial charge in [-0.25, -0.2) is 4.79 Å². The quantitative estimate of drug-likeness (QED) is 0.723. The molecular weight excluding hydrogens is 348 g/mol. The van der Waals surface area contributed by atoms with Gasteiger partial charge in [-0.1, -0.05) is 32.0 Å². The molecule has 1 aliphatic heterocycles. The second kappa shape index (κ2) is 9.94. The number of carbonyl (C=O) groups is 3. The number of aliphatic carboxylic acids is 1. The molecule has 2 N–H and O–H groups in total. The van der Waals surface area contributed by atoms with Crippen molar-refractivity contribution >= 4 is 17.8 Å². The number of para-hydroxylation sites is 1. The predicted molar refractivity (Wildman–Crippen MR) is 100 cm³/mol. The molecular formula is C20H28N2O5. The SMILES string of the molecule is CC(C)CC(NC(=O)C1CCN(C(=O)COc2ccccc2)CC1)C(=O)O. The lowest BCUT2D eigenvalue weighted by molar-refractivity contribution is -0.143. The summed E-state index contributed by atoms with van der Waals surface area (Å²) in [5.74, 6) is -0.807. The number of ether oxygens (including phenoxy) is 1. The van der Waals surface area contributed by atoms with Gasteiger partial charge in [0.05, 0.1) is 0 Å². The third kappa shape index (κ3) is 6.58. The smallest absolute Gasteiger partial charge is 0.326 e. The number of hydrogen-bond acceptors (Lipinski definition) is 4. The second-order valence-corrected chi connectivity index (χ2v) is 7.29. The summed E-state index contributed by atoms with van der Waals surface area (Å²) in [5, 5.41) is 11.9. The van der Waals surface area contributed by atoms with Crippen LogP contribution in [0.4, 0.5) is 0 Å². The van der Waals surface area contributed by atoms with Gasteiger partial charge in [-0.15, -0.1) is 0 Å². The molecule has 1 fully saturated rings. The summed E-state index contributed by atoms with van der Waals surface area (Å²) < 4.78 is 5.48. The third-order valence-electron chi connectivity index (χ3n) is 4.65. The van der Waals surface area contributed by atoms with Crippen molar-refractivity contribution < 1.29 is 24.2 Å². The van der Waals surface area contributed by atoms with E-state index in [1.54, 1.807) is 17.0 Å². The molecule has 0 aromatic heterocycles. The van der Waals surface area contributed by atoms with Gasteiger partial charge in [0.2, 0.25) is 5.91 Å². The fourth-order valence-corrected chi connectivity index (χ4v) is 3.13. The van der Waals surface area contributed by atoms with Crippen LogP contribution in [0.5, 0.6) is 5.75 Å². The van der Waals surface area contributed by atoms with E-state index in [4.69, 9.17) is 4.74 Å². The lowest BCUT2D eigenvalue weighted by atomic mass is 9.94. The number of hydrogen-bond donors (Lipinski definition) is 2. The highest BCUT2D eigenvalue weighted by atomic mass is 16.5. The first-order valence-corrected chi connectivity index (χ1v) is 9.35. The fourth-order valence-electron chi connectivity index (χ4n) is 3.13. The number of piperidine rings is 1. The van der Waals surface area contributed by atoms with Gasteiger partial charge in [0.1, 0.15) is 11.8 Å². The number of carboxylic acids is 1. The summed E-state index contributed by atoms with van der Waals surface area (Å²) in [6.07, 6.45) is 1.45. The average Bonchev–Trinajstić information content (AvgIpc) is 2.66. The van der Waals surface area contributed by atoms with E-state index in [-0.39, 0.29) is 30.3 Å². The molecule has 1 saturated heterocycles. The van der Waals surface area contributed by atoms with Crippen LogP contribution in [0, 0.1) is 11.8 Å². The molecule has 1 aromatic rings. The molecule has 1 unspecified atom stereocenters. The van der Waals surface area contributed by atoms with Gasteiger partial charge >= 0.3 is 5.97 Å². The van der Waals surface area contributed by atoms with E-state index in [1.807, 2.05) is 32.0 Å². The van der Waals surface area contributed by atoms with Crippen LogP contribution < -0.4 is 10.1 Å². The van der Waals surface area contributed by atoms with E-state index in [0.717, 1.165) is 0 Å². The molecule has 0 spiro atoms. The lowest BCUT2D eigenvalue weighted by Crippen LogP contribution is -2.48. The van der Waals surface area contributed by atoms with Crippen molar-refractivity contribution in [3.05, 3.63) is 30.3 Å². The number of amides is 2. The standard InChI is InChI=1S/C20H28N2O5/c1-14(2)12-17(20(25)26)21-19(24)15-8-10-22(11-9-15)18(23)13-27-16-6-4-3-5-7-16/h3-7,14-15,17H,8-13H2,1-2H3,(H,21,24)(H,25,26). The molecule has 2 rings (SSSR count). The molecule has 148 valence electrons. The number of rotatable bonds is 8. The molecule has 1 atom stereocenters. The van der Waals surface area contributed by atoms with Crippen LogP contribution in [0.25, 0.3) is 0 Å². The van der Waals surface area contributed by atoms with Gasteiger partial charge in [-0.2, -0.15) is 0 Å². The largest absolute Gasteiger partial charge is 0.484 e. The van der Waals surface area contributed by atoms with E-state index >= 15 is 0 Å². The molecule has 7 nitrogen and oxygen atoms in total. The summed E-state index contributed by atoms with van der Waals surface area (Å²) in [4.78, 5) is 37.6. The molecule has 0 bridgehead atoms. The Labute approximate surface area is 159 Å². The number of benzene rings is 1. The van der Waals surface area contributed by atoms with Crippen molar-refractivity contribution in [1.82, 2.24) is 10.2 Å². The van der Waals surface area contributed by atoms with E-state index < -0.39 is 12.0 Å². The second-order valence-electron chi connectivity index (χ2n) is 7.29. The normalized spacial score (nSPS) is 16.0. The van der Waals surface area contributed by atoms with Crippen molar-refractivity contribution in [2.75, 3.05) is 19.7 Å². The first-order valence-electron chi connectivity index (χ1n) is 9.35. The maximum Gasteiger partial charge on any atom is 0.326 e. The van der Waals surface area contributed by atoms with Gasteiger partial charge < -0.3 is 20.1 Å². The minimum atomic E-state index is -1.01. The number of carboxylic acid groups (broad SMARTS) is 1. The van der Waals surface area contributed by atoms with Crippen molar-refractivity contribution in [3.8, 4) is 5.75 Å². The van der Waals surface area contributed by atoms with Crippen LogP contribution in [0.1, 0.15) is 33.1 Å². The number of nitrogens with one attached hydrogen (secondary N) is 1. The Morgan fingerprint density at radius 1 is 1.19 bits per heavy atom. The highest BCUT2D eigenvalue weighted by molar-refractivity contribution is 5.85. The highest BCUT2D eigenvalue weighted by Gasteiger charge is 2.30. The molecule has 7 heteroatoms. The van der Waals surface area contributed by atoms with Crippen molar-refractivity contribution in [2.24, 2.45) is 11.8 Å². The van der Waals surface area contributed by atoms with E-state index in [1.165, 1.54) is 0 Å². The Morgan fingerprint density at radius 2 is 1.81 bits per heavy atom. The zero-order valence-electron chi connectivity index (χ0n) is 15.9. The van der Waals surface area contributed by atoms with E-state index in [9.17, 15) is 19.5 Å². The molecule has 1 heterocycles.